The highest BCUT2D eigenvalue weighted by molar-refractivity contribution is 6.13. The van der Waals surface area contributed by atoms with Gasteiger partial charge < -0.3 is 20.4 Å². The molecule has 2 aromatic carbocycles. The topological polar surface area (TPSA) is 98.0 Å². The molecule has 0 aliphatic rings. The van der Waals surface area contributed by atoms with Crippen molar-refractivity contribution in [3.8, 4) is 11.1 Å². The standard InChI is InChI=1S/C19H15N3O3/c23-10-14(24)21-18-15(11-6-2-1-3-7-11)17-16(22-19(18)25)12-8-4-5-9-13(12)20-17/h1-9,20,23H,10H2,(H,21,24)(H,22,25). The molecule has 2 aromatic heterocycles. The number of nitrogens with one attached hydrogen (secondary N) is 3. The van der Waals surface area contributed by atoms with Crippen LogP contribution in [0.4, 0.5) is 5.69 Å². The van der Waals surface area contributed by atoms with Crippen LogP contribution in [0.1, 0.15) is 0 Å². The summed E-state index contributed by atoms with van der Waals surface area (Å²) in [5.41, 5.74) is 3.37. The molecule has 124 valence electrons. The molecule has 4 rings (SSSR count). The van der Waals surface area contributed by atoms with Gasteiger partial charge in [0.05, 0.1) is 11.0 Å². The lowest BCUT2D eigenvalue weighted by molar-refractivity contribution is -0.118. The van der Waals surface area contributed by atoms with Crippen molar-refractivity contribution in [1.82, 2.24) is 9.97 Å². The highest BCUT2D eigenvalue weighted by atomic mass is 16.3. The average Bonchev–Trinajstić information content (AvgIpc) is 3.01. The van der Waals surface area contributed by atoms with E-state index in [0.29, 0.717) is 11.1 Å². The van der Waals surface area contributed by atoms with Crippen molar-refractivity contribution < 1.29 is 9.90 Å². The zero-order valence-electron chi connectivity index (χ0n) is 13.2. The van der Waals surface area contributed by atoms with Crippen molar-refractivity contribution in [1.29, 1.82) is 0 Å². The summed E-state index contributed by atoms with van der Waals surface area (Å²) in [6, 6.07) is 17.0. The zero-order chi connectivity index (χ0) is 17.4. The fourth-order valence-corrected chi connectivity index (χ4v) is 3.07. The van der Waals surface area contributed by atoms with Crippen LogP contribution < -0.4 is 10.9 Å². The van der Waals surface area contributed by atoms with Gasteiger partial charge in [-0.2, -0.15) is 0 Å². The van der Waals surface area contributed by atoms with Crippen LogP contribution >= 0.6 is 0 Å². The maximum Gasteiger partial charge on any atom is 0.272 e. The van der Waals surface area contributed by atoms with Crippen LogP contribution in [0.25, 0.3) is 33.1 Å². The van der Waals surface area contributed by atoms with Crippen molar-refractivity contribution in [2.45, 2.75) is 0 Å². The zero-order valence-corrected chi connectivity index (χ0v) is 13.2. The number of rotatable bonds is 3. The predicted molar refractivity (Wildman–Crippen MR) is 97.6 cm³/mol. The number of anilines is 1. The van der Waals surface area contributed by atoms with Crippen molar-refractivity contribution in [2.24, 2.45) is 0 Å². The lowest BCUT2D eigenvalue weighted by Crippen LogP contribution is -2.23. The lowest BCUT2D eigenvalue weighted by atomic mass is 10.0. The van der Waals surface area contributed by atoms with Crippen molar-refractivity contribution in [3.63, 3.8) is 0 Å². The number of aliphatic hydroxyl groups is 1. The second-order valence-corrected chi connectivity index (χ2v) is 5.70. The van der Waals surface area contributed by atoms with E-state index in [9.17, 15) is 9.59 Å². The average molecular weight is 333 g/mol. The monoisotopic (exact) mass is 333 g/mol. The molecule has 0 saturated heterocycles. The van der Waals surface area contributed by atoms with Gasteiger partial charge in [-0.05, 0) is 11.6 Å². The molecule has 1 amide bonds. The largest absolute Gasteiger partial charge is 0.387 e. The molecule has 4 N–H and O–H groups in total. The minimum atomic E-state index is -0.696. The molecule has 0 saturated carbocycles. The van der Waals surface area contributed by atoms with Gasteiger partial charge in [0, 0.05) is 16.5 Å². The van der Waals surface area contributed by atoms with Crippen molar-refractivity contribution in [2.75, 3.05) is 11.9 Å². The van der Waals surface area contributed by atoms with Gasteiger partial charge in [-0.3, -0.25) is 9.59 Å². The number of fused-ring (bicyclic) bond motifs is 3. The van der Waals surface area contributed by atoms with E-state index in [2.05, 4.69) is 15.3 Å². The first-order chi connectivity index (χ1) is 12.2. The quantitative estimate of drug-likeness (QED) is 0.464. The Hall–Kier alpha value is -3.38. The Morgan fingerprint density at radius 3 is 2.44 bits per heavy atom. The molecular weight excluding hydrogens is 318 g/mol. The third kappa shape index (κ3) is 2.49. The summed E-state index contributed by atoms with van der Waals surface area (Å²) < 4.78 is 0. The highest BCUT2D eigenvalue weighted by Crippen LogP contribution is 2.35. The third-order valence-electron chi connectivity index (χ3n) is 4.14. The van der Waals surface area contributed by atoms with E-state index < -0.39 is 18.1 Å². The van der Waals surface area contributed by atoms with E-state index in [0.717, 1.165) is 22.0 Å². The van der Waals surface area contributed by atoms with Crippen LogP contribution in [0, 0.1) is 0 Å². The summed E-state index contributed by atoms with van der Waals surface area (Å²) in [6.07, 6.45) is 0. The highest BCUT2D eigenvalue weighted by Gasteiger charge is 2.19. The number of H-pyrrole nitrogens is 2. The number of amides is 1. The molecular formula is C19H15N3O3. The SMILES string of the molecule is O=C(CO)Nc1c(-c2ccccc2)c2[nH]c3ccccc3c2[nH]c1=O. The number of para-hydroxylation sites is 1. The summed E-state index contributed by atoms with van der Waals surface area (Å²) in [7, 11) is 0. The molecule has 0 bridgehead atoms. The molecule has 6 nitrogen and oxygen atoms in total. The Labute approximate surface area is 142 Å². The normalized spacial score (nSPS) is 11.1. The van der Waals surface area contributed by atoms with Crippen LogP contribution in [-0.2, 0) is 4.79 Å². The number of carbonyl (C=O) groups is 1. The van der Waals surface area contributed by atoms with Gasteiger partial charge in [-0.25, -0.2) is 0 Å². The third-order valence-corrected chi connectivity index (χ3v) is 4.14. The number of aliphatic hydroxyl groups excluding tert-OH is 1. The minimum Gasteiger partial charge on any atom is -0.387 e. The Balaban J connectivity index is 2.13. The number of pyridine rings is 1. The summed E-state index contributed by atoms with van der Waals surface area (Å²) >= 11 is 0. The molecule has 0 aliphatic heterocycles. The Morgan fingerprint density at radius 1 is 0.960 bits per heavy atom. The van der Waals surface area contributed by atoms with Crippen LogP contribution in [-0.4, -0.2) is 27.6 Å². The minimum absolute atomic E-state index is 0.115. The van der Waals surface area contributed by atoms with E-state index in [1.54, 1.807) is 0 Å². The van der Waals surface area contributed by atoms with Crippen LogP contribution in [0.2, 0.25) is 0 Å². The molecule has 25 heavy (non-hydrogen) atoms. The van der Waals surface area contributed by atoms with E-state index in [4.69, 9.17) is 5.11 Å². The molecule has 2 heterocycles. The fourth-order valence-electron chi connectivity index (χ4n) is 3.07. The first-order valence-electron chi connectivity index (χ1n) is 7.82. The molecule has 0 radical (unpaired) electrons. The first kappa shape index (κ1) is 15.2. The van der Waals surface area contributed by atoms with E-state index in [1.165, 1.54) is 0 Å². The molecule has 0 unspecified atom stereocenters. The smallest absolute Gasteiger partial charge is 0.272 e. The Bertz CT molecular complexity index is 1140. The van der Waals surface area contributed by atoms with Crippen LogP contribution in [0.3, 0.4) is 0 Å². The second kappa shape index (κ2) is 5.92. The number of aromatic amines is 2. The molecule has 0 spiro atoms. The Morgan fingerprint density at radius 2 is 1.68 bits per heavy atom. The Kier molecular flexibility index (Phi) is 3.59. The maximum absolute atomic E-state index is 12.7. The van der Waals surface area contributed by atoms with Crippen LogP contribution in [0.5, 0.6) is 0 Å². The van der Waals surface area contributed by atoms with Crippen LogP contribution in [0.15, 0.2) is 59.4 Å². The van der Waals surface area contributed by atoms with Gasteiger partial charge in [0.1, 0.15) is 12.3 Å². The van der Waals surface area contributed by atoms with Gasteiger partial charge in [-0.15, -0.1) is 0 Å². The molecule has 6 heteroatoms. The summed E-state index contributed by atoms with van der Waals surface area (Å²) in [6.45, 7) is -0.696. The molecule has 0 atom stereocenters. The van der Waals surface area contributed by atoms with Gasteiger partial charge >= 0.3 is 0 Å². The molecule has 4 aromatic rings. The number of carbonyl (C=O) groups excluding carboxylic acids is 1. The summed E-state index contributed by atoms with van der Waals surface area (Å²) in [4.78, 5) is 30.5. The lowest BCUT2D eigenvalue weighted by Gasteiger charge is -2.11. The summed E-state index contributed by atoms with van der Waals surface area (Å²) in [5.74, 6) is -0.641. The number of hydrogen-bond acceptors (Lipinski definition) is 3. The van der Waals surface area contributed by atoms with E-state index >= 15 is 0 Å². The maximum atomic E-state index is 12.7. The van der Waals surface area contributed by atoms with Gasteiger partial charge in [0.15, 0.2) is 0 Å². The number of hydrogen-bond donors (Lipinski definition) is 4. The van der Waals surface area contributed by atoms with Crippen molar-refractivity contribution in [3.05, 3.63) is 65.0 Å². The first-order valence-corrected chi connectivity index (χ1v) is 7.82. The molecule has 0 fully saturated rings. The van der Waals surface area contributed by atoms with Gasteiger partial charge in [0.25, 0.3) is 5.56 Å². The predicted octanol–water partition coefficient (Wildman–Crippen LogP) is 2.61. The summed E-state index contributed by atoms with van der Waals surface area (Å²) in [5, 5.41) is 12.4. The fraction of sp³-hybridized carbons (Fsp3) is 0.0526. The number of benzene rings is 2. The van der Waals surface area contributed by atoms with E-state index in [-0.39, 0.29) is 5.69 Å². The van der Waals surface area contributed by atoms with Crippen molar-refractivity contribution >= 4 is 33.5 Å². The van der Waals surface area contributed by atoms with Gasteiger partial charge in [0.2, 0.25) is 5.91 Å². The van der Waals surface area contributed by atoms with Gasteiger partial charge in [-0.1, -0.05) is 48.5 Å². The molecule has 0 aliphatic carbocycles. The van der Waals surface area contributed by atoms with E-state index in [1.807, 2.05) is 54.6 Å². The second-order valence-electron chi connectivity index (χ2n) is 5.70. The number of aromatic nitrogens is 2.